The highest BCUT2D eigenvalue weighted by Crippen LogP contribution is 2.47. The molecule has 3 amide bonds. The van der Waals surface area contributed by atoms with Gasteiger partial charge in [-0.25, -0.2) is 12.8 Å². The lowest BCUT2D eigenvalue weighted by Crippen LogP contribution is -2.52. The standard InChI is InChI=1S/C32H30FN3O6S/c1-3-22-17-32(22,31(39)36-43(40,41)24-12-13-24)35-29(37)21-6-4-5-19(15-21)20-9-14-26-25(16-20)27(30(38)34-2)28(42-26)18-7-10-23(33)11-8-18/h4-11,14-16,22,24H,3,12-13,17H2,1-2H3,(H,34,38)(H,35,37)(H,36,39)/t22-,32-/m1/s1. The number of fused-ring (bicyclic) bond motifs is 1. The molecule has 0 spiro atoms. The van der Waals surface area contributed by atoms with Crippen LogP contribution in [0.4, 0.5) is 4.39 Å². The Labute approximate surface area is 247 Å². The van der Waals surface area contributed by atoms with Gasteiger partial charge in [-0.3, -0.25) is 19.1 Å². The van der Waals surface area contributed by atoms with Gasteiger partial charge in [-0.15, -0.1) is 0 Å². The van der Waals surface area contributed by atoms with Crippen molar-refractivity contribution in [1.82, 2.24) is 15.4 Å². The van der Waals surface area contributed by atoms with Crippen LogP contribution in [0.2, 0.25) is 0 Å². The highest BCUT2D eigenvalue weighted by Gasteiger charge is 2.61. The summed E-state index contributed by atoms with van der Waals surface area (Å²) < 4.78 is 46.6. The van der Waals surface area contributed by atoms with Crippen molar-refractivity contribution < 1.29 is 31.6 Å². The first kappa shape index (κ1) is 28.6. The molecule has 11 heteroatoms. The van der Waals surface area contributed by atoms with Crippen LogP contribution in [0.25, 0.3) is 33.4 Å². The number of sulfonamides is 1. The lowest BCUT2D eigenvalue weighted by Gasteiger charge is -2.19. The summed E-state index contributed by atoms with van der Waals surface area (Å²) in [5.74, 6) is -1.83. The minimum atomic E-state index is -3.76. The first-order valence-electron chi connectivity index (χ1n) is 14.1. The Morgan fingerprint density at radius 1 is 0.953 bits per heavy atom. The van der Waals surface area contributed by atoms with E-state index in [1.165, 1.54) is 19.2 Å². The van der Waals surface area contributed by atoms with Crippen LogP contribution in [0.15, 0.2) is 71.1 Å². The van der Waals surface area contributed by atoms with Gasteiger partial charge in [-0.05, 0) is 84.8 Å². The molecule has 0 aliphatic heterocycles. The highest BCUT2D eigenvalue weighted by molar-refractivity contribution is 7.91. The molecule has 0 saturated heterocycles. The van der Waals surface area contributed by atoms with Gasteiger partial charge in [0.25, 0.3) is 17.7 Å². The topological polar surface area (TPSA) is 135 Å². The summed E-state index contributed by atoms with van der Waals surface area (Å²) in [7, 11) is -2.24. The van der Waals surface area contributed by atoms with Crippen molar-refractivity contribution in [2.45, 2.75) is 43.4 Å². The molecule has 2 saturated carbocycles. The largest absolute Gasteiger partial charge is 0.455 e. The Kier molecular flexibility index (Phi) is 7.08. The zero-order valence-electron chi connectivity index (χ0n) is 23.6. The van der Waals surface area contributed by atoms with E-state index in [0.29, 0.717) is 70.2 Å². The maximum absolute atomic E-state index is 13.5. The number of furan rings is 1. The van der Waals surface area contributed by atoms with Gasteiger partial charge in [0.2, 0.25) is 10.0 Å². The fourth-order valence-corrected chi connectivity index (χ4v) is 6.90. The highest BCUT2D eigenvalue weighted by atomic mass is 32.2. The van der Waals surface area contributed by atoms with Crippen molar-refractivity contribution in [3.63, 3.8) is 0 Å². The van der Waals surface area contributed by atoms with Crippen molar-refractivity contribution in [2.75, 3.05) is 7.05 Å². The van der Waals surface area contributed by atoms with Gasteiger partial charge in [-0.1, -0.05) is 31.5 Å². The van der Waals surface area contributed by atoms with Crippen LogP contribution < -0.4 is 15.4 Å². The number of hydrogen-bond donors (Lipinski definition) is 3. The number of rotatable bonds is 9. The molecule has 4 aromatic rings. The van der Waals surface area contributed by atoms with E-state index in [-0.39, 0.29) is 11.8 Å². The number of halogens is 1. The number of hydrogen-bond acceptors (Lipinski definition) is 6. The van der Waals surface area contributed by atoms with E-state index in [0.717, 1.165) is 0 Å². The van der Waals surface area contributed by atoms with Gasteiger partial charge in [0, 0.05) is 23.6 Å². The Morgan fingerprint density at radius 3 is 2.30 bits per heavy atom. The van der Waals surface area contributed by atoms with E-state index in [2.05, 4.69) is 15.4 Å². The predicted octanol–water partition coefficient (Wildman–Crippen LogP) is 4.77. The van der Waals surface area contributed by atoms with Crippen molar-refractivity contribution in [3.05, 3.63) is 83.7 Å². The molecule has 0 radical (unpaired) electrons. The Hall–Kier alpha value is -4.51. The molecule has 2 aliphatic carbocycles. The van der Waals surface area contributed by atoms with E-state index in [1.54, 1.807) is 48.5 Å². The number of carbonyl (C=O) groups is 3. The second-order valence-corrected chi connectivity index (χ2v) is 13.1. The minimum absolute atomic E-state index is 0.170. The second-order valence-electron chi connectivity index (χ2n) is 11.1. The van der Waals surface area contributed by atoms with Gasteiger partial charge in [0.05, 0.1) is 10.8 Å². The van der Waals surface area contributed by atoms with E-state index < -0.39 is 38.4 Å². The van der Waals surface area contributed by atoms with Crippen LogP contribution in [-0.2, 0) is 14.8 Å². The van der Waals surface area contributed by atoms with Gasteiger partial charge < -0.3 is 15.1 Å². The molecule has 3 aromatic carbocycles. The zero-order chi connectivity index (χ0) is 30.5. The van der Waals surface area contributed by atoms with Crippen LogP contribution in [0, 0.1) is 11.7 Å². The second kappa shape index (κ2) is 10.6. The molecule has 2 aliphatic rings. The fourth-order valence-electron chi connectivity index (χ4n) is 5.54. The third-order valence-electron chi connectivity index (χ3n) is 8.24. The number of amides is 3. The Bertz CT molecular complexity index is 1880. The van der Waals surface area contributed by atoms with Gasteiger partial charge in [0.15, 0.2) is 0 Å². The van der Waals surface area contributed by atoms with Crippen LogP contribution in [0.3, 0.4) is 0 Å². The predicted molar refractivity (Wildman–Crippen MR) is 159 cm³/mol. The summed E-state index contributed by atoms with van der Waals surface area (Å²) in [5, 5.41) is 5.45. The fraction of sp³-hybridized carbons (Fsp3) is 0.281. The van der Waals surface area contributed by atoms with Crippen molar-refractivity contribution in [2.24, 2.45) is 5.92 Å². The van der Waals surface area contributed by atoms with Crippen molar-refractivity contribution >= 4 is 38.7 Å². The summed E-state index contributed by atoms with van der Waals surface area (Å²) in [5.41, 5.74) is 1.71. The molecule has 2 atom stereocenters. The van der Waals surface area contributed by atoms with Gasteiger partial charge >= 0.3 is 0 Å². The summed E-state index contributed by atoms with van der Waals surface area (Å²) in [6.45, 7) is 1.89. The van der Waals surface area contributed by atoms with Crippen molar-refractivity contribution in [3.8, 4) is 22.5 Å². The van der Waals surface area contributed by atoms with Crippen LogP contribution in [-0.4, -0.2) is 44.0 Å². The summed E-state index contributed by atoms with van der Waals surface area (Å²) >= 11 is 0. The van der Waals surface area contributed by atoms with Gasteiger partial charge in [-0.2, -0.15) is 0 Å². The normalized spacial score (nSPS) is 19.6. The van der Waals surface area contributed by atoms with Crippen LogP contribution in [0.1, 0.15) is 53.3 Å². The average Bonchev–Trinajstić information content (AvgIpc) is 3.93. The molecule has 1 aromatic heterocycles. The number of nitrogens with one attached hydrogen (secondary N) is 3. The third-order valence-corrected chi connectivity index (χ3v) is 10.1. The molecular weight excluding hydrogens is 573 g/mol. The SMILES string of the molecule is CC[C@@H]1C[C@]1(NC(=O)c1cccc(-c2ccc3oc(-c4ccc(F)cc4)c(C(=O)NC)c3c2)c1)C(=O)NS(=O)(=O)C1CC1. The zero-order valence-corrected chi connectivity index (χ0v) is 24.4. The maximum atomic E-state index is 13.5. The van der Waals surface area contributed by atoms with E-state index in [4.69, 9.17) is 4.42 Å². The summed E-state index contributed by atoms with van der Waals surface area (Å²) in [4.78, 5) is 39.4. The lowest BCUT2D eigenvalue weighted by atomic mass is 9.98. The monoisotopic (exact) mass is 603 g/mol. The number of benzene rings is 3. The molecule has 0 unspecified atom stereocenters. The number of carbonyl (C=O) groups excluding carboxylic acids is 3. The maximum Gasteiger partial charge on any atom is 0.259 e. The first-order valence-corrected chi connectivity index (χ1v) is 15.6. The molecule has 6 rings (SSSR count). The van der Waals surface area contributed by atoms with Gasteiger partial charge in [0.1, 0.15) is 22.7 Å². The molecule has 0 bridgehead atoms. The summed E-state index contributed by atoms with van der Waals surface area (Å²) in [6, 6.07) is 17.8. The summed E-state index contributed by atoms with van der Waals surface area (Å²) in [6.07, 6.45) is 2.01. The van der Waals surface area contributed by atoms with E-state index >= 15 is 0 Å². The van der Waals surface area contributed by atoms with Crippen LogP contribution in [0.5, 0.6) is 0 Å². The minimum Gasteiger partial charge on any atom is -0.455 e. The Balaban J connectivity index is 1.30. The third kappa shape index (κ3) is 5.29. The molecule has 43 heavy (non-hydrogen) atoms. The van der Waals surface area contributed by atoms with Crippen LogP contribution >= 0.6 is 0 Å². The smallest absolute Gasteiger partial charge is 0.259 e. The molecule has 9 nitrogen and oxygen atoms in total. The molecule has 222 valence electrons. The van der Waals surface area contributed by atoms with E-state index in [1.807, 2.05) is 13.0 Å². The molecule has 3 N–H and O–H groups in total. The first-order chi connectivity index (χ1) is 20.6. The lowest BCUT2D eigenvalue weighted by molar-refractivity contribution is -0.122. The Morgan fingerprint density at radius 2 is 1.65 bits per heavy atom. The quantitative estimate of drug-likeness (QED) is 0.252. The molecular formula is C32H30FN3O6S. The molecule has 2 fully saturated rings. The average molecular weight is 604 g/mol. The molecule has 1 heterocycles. The van der Waals surface area contributed by atoms with E-state index in [9.17, 15) is 27.2 Å². The van der Waals surface area contributed by atoms with Crippen molar-refractivity contribution in [1.29, 1.82) is 0 Å².